The van der Waals surface area contributed by atoms with Crippen LogP contribution in [0.3, 0.4) is 0 Å². The number of esters is 1. The first kappa shape index (κ1) is 16.3. The normalized spacial score (nSPS) is 21.9. The average molecular weight is 357 g/mol. The van der Waals surface area contributed by atoms with Gasteiger partial charge in [-0.1, -0.05) is 0 Å². The van der Waals surface area contributed by atoms with Crippen molar-refractivity contribution < 1.29 is 19.2 Å². The Hall–Kier alpha value is -1.07. The van der Waals surface area contributed by atoms with E-state index >= 15 is 0 Å². The Balaban J connectivity index is 1.86. The topological polar surface area (TPSA) is 40.0 Å². The van der Waals surface area contributed by atoms with Crippen molar-refractivity contribution >= 4 is 21.9 Å². The molecule has 0 atom stereocenters. The smallest absolute Gasteiger partial charge is 0.309 e. The number of methoxy groups -OCH3 is 1. The molecule has 1 fully saturated rings. The van der Waals surface area contributed by atoms with E-state index in [9.17, 15) is 4.79 Å². The summed E-state index contributed by atoms with van der Waals surface area (Å²) in [5.41, 5.74) is 1.28. The van der Waals surface area contributed by atoms with Gasteiger partial charge in [-0.05, 0) is 41.1 Å². The molecule has 1 aliphatic rings. The number of rotatable bonds is 5. The van der Waals surface area contributed by atoms with Crippen LogP contribution >= 0.6 is 15.9 Å². The summed E-state index contributed by atoms with van der Waals surface area (Å²) in [6.45, 7) is 5.37. The van der Waals surface area contributed by atoms with Gasteiger partial charge in [-0.15, -0.1) is 0 Å². The third kappa shape index (κ3) is 4.45. The van der Waals surface area contributed by atoms with E-state index in [2.05, 4.69) is 28.1 Å². The molecule has 1 aromatic carbocycles. The molecule has 2 rings (SSSR count). The minimum absolute atomic E-state index is 0.0243. The number of ether oxygens (including phenoxy) is 2. The van der Waals surface area contributed by atoms with E-state index < -0.39 is 0 Å². The molecular formula is C16H23BrNO3+. The van der Waals surface area contributed by atoms with E-state index in [0.717, 1.165) is 42.7 Å². The fraction of sp³-hybridized carbons (Fsp3) is 0.562. The molecule has 0 spiro atoms. The summed E-state index contributed by atoms with van der Waals surface area (Å²) in [6.07, 6.45) is 1.84. The lowest BCUT2D eigenvalue weighted by molar-refractivity contribution is -0.919. The van der Waals surface area contributed by atoms with E-state index in [1.807, 2.05) is 13.0 Å². The van der Waals surface area contributed by atoms with E-state index in [-0.39, 0.29) is 11.9 Å². The molecule has 1 aromatic rings. The van der Waals surface area contributed by atoms with Crippen molar-refractivity contribution in [3.8, 4) is 5.75 Å². The lowest BCUT2D eigenvalue weighted by Crippen LogP contribution is -3.11. The monoisotopic (exact) mass is 356 g/mol. The van der Waals surface area contributed by atoms with Crippen molar-refractivity contribution in [2.45, 2.75) is 26.3 Å². The molecule has 0 aliphatic carbocycles. The summed E-state index contributed by atoms with van der Waals surface area (Å²) in [7, 11) is 1.67. The molecule has 0 amide bonds. The Morgan fingerprint density at radius 2 is 2.10 bits per heavy atom. The van der Waals surface area contributed by atoms with Crippen molar-refractivity contribution in [1.82, 2.24) is 0 Å². The summed E-state index contributed by atoms with van der Waals surface area (Å²) < 4.78 is 11.3. The van der Waals surface area contributed by atoms with Crippen LogP contribution in [0.25, 0.3) is 0 Å². The van der Waals surface area contributed by atoms with Crippen LogP contribution in [0, 0.1) is 5.92 Å². The zero-order valence-electron chi connectivity index (χ0n) is 12.7. The van der Waals surface area contributed by atoms with Gasteiger partial charge in [0.05, 0.1) is 37.2 Å². The van der Waals surface area contributed by atoms with E-state index in [4.69, 9.17) is 9.47 Å². The standard InChI is InChI=1S/C16H22BrNO3/c1-3-21-16(19)13-6-8-18(9-7-13)11-12-4-5-15(20-2)14(17)10-12/h4-5,10,13H,3,6-9,11H2,1-2H3/p+1. The number of quaternary nitrogens is 1. The number of halogens is 1. The fourth-order valence-corrected chi connectivity index (χ4v) is 3.40. The second kappa shape index (κ2) is 7.80. The summed E-state index contributed by atoms with van der Waals surface area (Å²) in [4.78, 5) is 13.2. The van der Waals surface area contributed by atoms with Gasteiger partial charge in [0.15, 0.2) is 0 Å². The highest BCUT2D eigenvalue weighted by molar-refractivity contribution is 9.10. The number of carbonyl (C=O) groups is 1. The first-order chi connectivity index (χ1) is 10.1. The summed E-state index contributed by atoms with van der Waals surface area (Å²) in [6, 6.07) is 6.21. The first-order valence-corrected chi connectivity index (χ1v) is 8.26. The number of likely N-dealkylation sites (tertiary alicyclic amines) is 1. The minimum atomic E-state index is -0.0243. The molecule has 0 unspecified atom stereocenters. The molecule has 1 saturated heterocycles. The maximum absolute atomic E-state index is 11.7. The molecule has 0 bridgehead atoms. The average Bonchev–Trinajstić information content (AvgIpc) is 2.48. The van der Waals surface area contributed by atoms with Gasteiger partial charge in [0.2, 0.25) is 0 Å². The van der Waals surface area contributed by atoms with E-state index in [1.165, 1.54) is 10.5 Å². The van der Waals surface area contributed by atoms with Gasteiger partial charge in [-0.25, -0.2) is 0 Å². The molecule has 1 heterocycles. The van der Waals surface area contributed by atoms with Gasteiger partial charge in [-0.3, -0.25) is 4.79 Å². The Morgan fingerprint density at radius 3 is 2.67 bits per heavy atom. The van der Waals surface area contributed by atoms with Crippen molar-refractivity contribution in [3.63, 3.8) is 0 Å². The fourth-order valence-electron chi connectivity index (χ4n) is 2.81. The van der Waals surface area contributed by atoms with Crippen LogP contribution in [0.15, 0.2) is 22.7 Å². The minimum Gasteiger partial charge on any atom is -0.496 e. The molecule has 1 aliphatic heterocycles. The maximum atomic E-state index is 11.7. The Labute approximate surface area is 134 Å². The summed E-state index contributed by atoms with van der Waals surface area (Å²) in [5, 5.41) is 0. The van der Waals surface area contributed by atoms with Crippen LogP contribution in [-0.4, -0.2) is 32.8 Å². The van der Waals surface area contributed by atoms with Crippen LogP contribution in [0.5, 0.6) is 5.75 Å². The van der Waals surface area contributed by atoms with Crippen LogP contribution in [0.2, 0.25) is 0 Å². The third-order valence-electron chi connectivity index (χ3n) is 3.98. The highest BCUT2D eigenvalue weighted by atomic mass is 79.9. The molecular weight excluding hydrogens is 334 g/mol. The number of hydrogen-bond donors (Lipinski definition) is 1. The maximum Gasteiger partial charge on any atom is 0.309 e. The third-order valence-corrected chi connectivity index (χ3v) is 4.60. The van der Waals surface area contributed by atoms with Crippen LogP contribution in [0.1, 0.15) is 25.3 Å². The number of hydrogen-bond acceptors (Lipinski definition) is 3. The second-order valence-electron chi connectivity index (χ2n) is 5.42. The number of carbonyl (C=O) groups excluding carboxylic acids is 1. The second-order valence-corrected chi connectivity index (χ2v) is 6.28. The lowest BCUT2D eigenvalue weighted by atomic mass is 9.96. The van der Waals surface area contributed by atoms with Crippen molar-refractivity contribution in [3.05, 3.63) is 28.2 Å². The Kier molecular flexibility index (Phi) is 6.06. The molecule has 0 aromatic heterocycles. The SMILES string of the molecule is CCOC(=O)C1CC[NH+](Cc2ccc(OC)c(Br)c2)CC1. The van der Waals surface area contributed by atoms with Crippen molar-refractivity contribution in [1.29, 1.82) is 0 Å². The molecule has 21 heavy (non-hydrogen) atoms. The van der Waals surface area contributed by atoms with Crippen molar-refractivity contribution in [2.24, 2.45) is 5.92 Å². The molecule has 5 heteroatoms. The zero-order chi connectivity index (χ0) is 15.2. The van der Waals surface area contributed by atoms with Gasteiger partial charge in [0.25, 0.3) is 0 Å². The number of nitrogens with one attached hydrogen (secondary N) is 1. The van der Waals surface area contributed by atoms with Gasteiger partial charge >= 0.3 is 5.97 Å². The van der Waals surface area contributed by atoms with Crippen LogP contribution < -0.4 is 9.64 Å². The zero-order valence-corrected chi connectivity index (χ0v) is 14.2. The Bertz CT molecular complexity index is 484. The lowest BCUT2D eigenvalue weighted by Gasteiger charge is -2.28. The molecule has 0 saturated carbocycles. The van der Waals surface area contributed by atoms with Crippen LogP contribution in [0.4, 0.5) is 0 Å². The van der Waals surface area contributed by atoms with Crippen LogP contribution in [-0.2, 0) is 16.1 Å². The summed E-state index contributed by atoms with van der Waals surface area (Å²) >= 11 is 3.52. The number of benzene rings is 1. The molecule has 0 radical (unpaired) electrons. The quantitative estimate of drug-likeness (QED) is 0.818. The van der Waals surface area contributed by atoms with Crippen molar-refractivity contribution in [2.75, 3.05) is 26.8 Å². The Morgan fingerprint density at radius 1 is 1.38 bits per heavy atom. The van der Waals surface area contributed by atoms with E-state index in [1.54, 1.807) is 7.11 Å². The molecule has 1 N–H and O–H groups in total. The molecule has 116 valence electrons. The predicted molar refractivity (Wildman–Crippen MR) is 84.5 cm³/mol. The summed E-state index contributed by atoms with van der Waals surface area (Å²) in [5.74, 6) is 0.926. The molecule has 4 nitrogen and oxygen atoms in total. The van der Waals surface area contributed by atoms with Gasteiger partial charge in [0.1, 0.15) is 12.3 Å². The van der Waals surface area contributed by atoms with Gasteiger partial charge in [0, 0.05) is 18.4 Å². The largest absolute Gasteiger partial charge is 0.496 e. The van der Waals surface area contributed by atoms with Gasteiger partial charge in [-0.2, -0.15) is 0 Å². The number of piperidine rings is 1. The highest BCUT2D eigenvalue weighted by Crippen LogP contribution is 2.25. The van der Waals surface area contributed by atoms with E-state index in [0.29, 0.717) is 6.61 Å². The first-order valence-electron chi connectivity index (χ1n) is 7.46. The predicted octanol–water partition coefficient (Wildman–Crippen LogP) is 1.82. The van der Waals surface area contributed by atoms with Gasteiger partial charge < -0.3 is 14.4 Å². The highest BCUT2D eigenvalue weighted by Gasteiger charge is 2.28.